The lowest BCUT2D eigenvalue weighted by atomic mass is 10.1. The molecule has 0 radical (unpaired) electrons. The van der Waals surface area contributed by atoms with E-state index < -0.39 is 0 Å². The SMILES string of the molecule is CCCNCCC1Cc2cc(C)ccc2O1. The minimum Gasteiger partial charge on any atom is -0.490 e. The number of benzene rings is 1. The van der Waals surface area contributed by atoms with Crippen LogP contribution in [0.15, 0.2) is 18.2 Å². The van der Waals surface area contributed by atoms with E-state index in [0.717, 1.165) is 31.7 Å². The molecular weight excluding hydrogens is 198 g/mol. The Balaban J connectivity index is 1.81. The van der Waals surface area contributed by atoms with Crippen LogP contribution in [-0.2, 0) is 6.42 Å². The average molecular weight is 219 g/mol. The summed E-state index contributed by atoms with van der Waals surface area (Å²) in [4.78, 5) is 0. The molecule has 1 aliphatic rings. The molecule has 0 bridgehead atoms. The van der Waals surface area contributed by atoms with Gasteiger partial charge in [-0.3, -0.25) is 0 Å². The number of rotatable bonds is 5. The zero-order chi connectivity index (χ0) is 11.4. The molecule has 0 amide bonds. The lowest BCUT2D eigenvalue weighted by Gasteiger charge is -2.10. The molecule has 2 nitrogen and oxygen atoms in total. The molecule has 0 saturated carbocycles. The summed E-state index contributed by atoms with van der Waals surface area (Å²) in [5.74, 6) is 1.09. The number of ether oxygens (including phenoxy) is 1. The van der Waals surface area contributed by atoms with Gasteiger partial charge in [-0.1, -0.05) is 24.6 Å². The molecule has 0 fully saturated rings. The number of nitrogens with one attached hydrogen (secondary N) is 1. The van der Waals surface area contributed by atoms with Gasteiger partial charge in [-0.25, -0.2) is 0 Å². The van der Waals surface area contributed by atoms with Gasteiger partial charge in [0.2, 0.25) is 0 Å². The monoisotopic (exact) mass is 219 g/mol. The van der Waals surface area contributed by atoms with Crippen molar-refractivity contribution in [3.05, 3.63) is 29.3 Å². The maximum Gasteiger partial charge on any atom is 0.123 e. The summed E-state index contributed by atoms with van der Waals surface area (Å²) in [6.45, 7) is 6.50. The number of aryl methyl sites for hydroxylation is 1. The van der Waals surface area contributed by atoms with E-state index in [1.807, 2.05) is 0 Å². The smallest absolute Gasteiger partial charge is 0.123 e. The molecule has 16 heavy (non-hydrogen) atoms. The first kappa shape index (κ1) is 11.5. The summed E-state index contributed by atoms with van der Waals surface area (Å²) in [6, 6.07) is 6.47. The van der Waals surface area contributed by atoms with Crippen LogP contribution >= 0.6 is 0 Å². The van der Waals surface area contributed by atoms with Crippen LogP contribution in [0.1, 0.15) is 30.9 Å². The molecule has 1 N–H and O–H groups in total. The first-order valence-electron chi connectivity index (χ1n) is 6.26. The molecule has 2 heteroatoms. The standard InChI is InChI=1S/C14H21NO/c1-3-7-15-8-6-13-10-12-9-11(2)4-5-14(12)16-13/h4-5,9,13,15H,3,6-8,10H2,1-2H3. The van der Waals surface area contributed by atoms with Crippen molar-refractivity contribution in [1.29, 1.82) is 0 Å². The first-order chi connectivity index (χ1) is 7.79. The Kier molecular flexibility index (Phi) is 3.83. The highest BCUT2D eigenvalue weighted by Gasteiger charge is 2.21. The van der Waals surface area contributed by atoms with Gasteiger partial charge in [0, 0.05) is 6.42 Å². The summed E-state index contributed by atoms with van der Waals surface area (Å²) in [5.41, 5.74) is 2.70. The van der Waals surface area contributed by atoms with Gasteiger partial charge in [-0.15, -0.1) is 0 Å². The molecule has 0 aliphatic carbocycles. The molecule has 1 aromatic carbocycles. The zero-order valence-corrected chi connectivity index (χ0v) is 10.3. The lowest BCUT2D eigenvalue weighted by molar-refractivity contribution is 0.220. The molecular formula is C14H21NO. The normalized spacial score (nSPS) is 18.2. The van der Waals surface area contributed by atoms with Gasteiger partial charge in [0.25, 0.3) is 0 Å². The Morgan fingerprint density at radius 1 is 1.38 bits per heavy atom. The molecule has 0 saturated heterocycles. The maximum atomic E-state index is 5.90. The van der Waals surface area contributed by atoms with E-state index in [0.29, 0.717) is 6.10 Å². The average Bonchev–Trinajstić information content (AvgIpc) is 2.66. The van der Waals surface area contributed by atoms with E-state index in [2.05, 4.69) is 37.4 Å². The van der Waals surface area contributed by atoms with E-state index in [4.69, 9.17) is 4.74 Å². The predicted octanol–water partition coefficient (Wildman–Crippen LogP) is 2.69. The molecule has 1 heterocycles. The van der Waals surface area contributed by atoms with E-state index >= 15 is 0 Å². The van der Waals surface area contributed by atoms with E-state index in [1.54, 1.807) is 0 Å². The van der Waals surface area contributed by atoms with E-state index in [9.17, 15) is 0 Å². The number of hydrogen-bond donors (Lipinski definition) is 1. The third-order valence-corrected chi connectivity index (χ3v) is 3.03. The van der Waals surface area contributed by atoms with Crippen LogP contribution in [-0.4, -0.2) is 19.2 Å². The van der Waals surface area contributed by atoms with Crippen LogP contribution in [0.2, 0.25) is 0 Å². The molecule has 1 aromatic rings. The fraction of sp³-hybridized carbons (Fsp3) is 0.571. The molecule has 1 unspecified atom stereocenters. The van der Waals surface area contributed by atoms with E-state index in [-0.39, 0.29) is 0 Å². The van der Waals surface area contributed by atoms with Crippen LogP contribution in [0.3, 0.4) is 0 Å². The molecule has 2 rings (SSSR count). The van der Waals surface area contributed by atoms with Crippen molar-refractivity contribution in [3.8, 4) is 5.75 Å². The Morgan fingerprint density at radius 2 is 2.25 bits per heavy atom. The molecule has 88 valence electrons. The summed E-state index contributed by atoms with van der Waals surface area (Å²) in [6.07, 6.45) is 3.75. The second kappa shape index (κ2) is 5.35. The van der Waals surface area contributed by atoms with Crippen LogP contribution in [0, 0.1) is 6.92 Å². The fourth-order valence-electron chi connectivity index (χ4n) is 2.18. The minimum absolute atomic E-state index is 0.376. The van der Waals surface area contributed by atoms with Crippen molar-refractivity contribution in [2.24, 2.45) is 0 Å². The quantitative estimate of drug-likeness (QED) is 0.769. The Hall–Kier alpha value is -1.02. The highest BCUT2D eigenvalue weighted by Crippen LogP contribution is 2.30. The van der Waals surface area contributed by atoms with Crippen molar-refractivity contribution in [1.82, 2.24) is 5.32 Å². The van der Waals surface area contributed by atoms with Gasteiger partial charge < -0.3 is 10.1 Å². The molecule has 1 atom stereocenters. The molecule has 1 aliphatic heterocycles. The highest BCUT2D eigenvalue weighted by atomic mass is 16.5. The van der Waals surface area contributed by atoms with Crippen molar-refractivity contribution in [2.75, 3.05) is 13.1 Å². The third-order valence-electron chi connectivity index (χ3n) is 3.03. The molecule has 0 spiro atoms. The number of hydrogen-bond acceptors (Lipinski definition) is 2. The highest BCUT2D eigenvalue weighted by molar-refractivity contribution is 5.40. The van der Waals surface area contributed by atoms with Crippen LogP contribution < -0.4 is 10.1 Å². The van der Waals surface area contributed by atoms with Crippen LogP contribution in [0.5, 0.6) is 5.75 Å². The number of fused-ring (bicyclic) bond motifs is 1. The topological polar surface area (TPSA) is 21.3 Å². The van der Waals surface area contributed by atoms with Gasteiger partial charge in [0.05, 0.1) is 0 Å². The van der Waals surface area contributed by atoms with Crippen molar-refractivity contribution < 1.29 is 4.74 Å². The second-order valence-electron chi connectivity index (χ2n) is 4.59. The second-order valence-corrected chi connectivity index (χ2v) is 4.59. The van der Waals surface area contributed by atoms with Gasteiger partial charge in [0.1, 0.15) is 11.9 Å². The zero-order valence-electron chi connectivity index (χ0n) is 10.3. The van der Waals surface area contributed by atoms with Crippen molar-refractivity contribution in [3.63, 3.8) is 0 Å². The van der Waals surface area contributed by atoms with Crippen molar-refractivity contribution in [2.45, 2.75) is 39.2 Å². The maximum absolute atomic E-state index is 5.90. The summed E-state index contributed by atoms with van der Waals surface area (Å²) in [7, 11) is 0. The van der Waals surface area contributed by atoms with Gasteiger partial charge in [0.15, 0.2) is 0 Å². The largest absolute Gasteiger partial charge is 0.490 e. The summed E-state index contributed by atoms with van der Waals surface area (Å²) < 4.78 is 5.90. The van der Waals surface area contributed by atoms with Gasteiger partial charge >= 0.3 is 0 Å². The van der Waals surface area contributed by atoms with E-state index in [1.165, 1.54) is 17.5 Å². The van der Waals surface area contributed by atoms with Gasteiger partial charge in [-0.2, -0.15) is 0 Å². The minimum atomic E-state index is 0.376. The summed E-state index contributed by atoms with van der Waals surface area (Å²) >= 11 is 0. The Labute approximate surface area is 98.0 Å². The lowest BCUT2D eigenvalue weighted by Crippen LogP contribution is -2.23. The fourth-order valence-corrected chi connectivity index (χ4v) is 2.18. The predicted molar refractivity (Wildman–Crippen MR) is 67.1 cm³/mol. The molecule has 0 aromatic heterocycles. The Morgan fingerprint density at radius 3 is 3.06 bits per heavy atom. The third kappa shape index (κ3) is 2.76. The first-order valence-corrected chi connectivity index (χ1v) is 6.26. The van der Waals surface area contributed by atoms with Gasteiger partial charge in [-0.05, 0) is 44.5 Å². The van der Waals surface area contributed by atoms with Crippen molar-refractivity contribution >= 4 is 0 Å². The van der Waals surface area contributed by atoms with Crippen LogP contribution in [0.4, 0.5) is 0 Å². The summed E-state index contributed by atoms with van der Waals surface area (Å²) in [5, 5.41) is 3.42. The Bertz CT molecular complexity index is 349. The van der Waals surface area contributed by atoms with Crippen LogP contribution in [0.25, 0.3) is 0 Å².